The first-order valence-electron chi connectivity index (χ1n) is 12.6. The summed E-state index contributed by atoms with van der Waals surface area (Å²) in [5.41, 5.74) is 3.32. The van der Waals surface area contributed by atoms with Crippen LogP contribution in [0.5, 0.6) is 0 Å². The van der Waals surface area contributed by atoms with Gasteiger partial charge in [0.2, 0.25) is 5.91 Å². The summed E-state index contributed by atoms with van der Waals surface area (Å²) >= 11 is 0. The van der Waals surface area contributed by atoms with Gasteiger partial charge in [-0.25, -0.2) is 4.79 Å². The minimum atomic E-state index is -0.801. The normalized spacial score (nSPS) is 25.5. The van der Waals surface area contributed by atoms with Crippen LogP contribution < -0.4 is 5.32 Å². The number of nitrogens with zero attached hydrogens (tertiary/aromatic N) is 1. The number of carbonyl (C=O) groups is 3. The highest BCUT2D eigenvalue weighted by Gasteiger charge is 2.66. The summed E-state index contributed by atoms with van der Waals surface area (Å²) in [6.45, 7) is 1.03. The van der Waals surface area contributed by atoms with Gasteiger partial charge >= 0.3 is 12.1 Å². The molecule has 1 heterocycles. The Morgan fingerprint density at radius 3 is 2.23 bits per heavy atom. The Hall–Kier alpha value is -3.35. The van der Waals surface area contributed by atoms with Crippen molar-refractivity contribution in [2.75, 3.05) is 19.7 Å². The Morgan fingerprint density at radius 1 is 1.00 bits per heavy atom. The zero-order valence-electron chi connectivity index (χ0n) is 19.7. The molecule has 2 atom stereocenters. The van der Waals surface area contributed by atoms with E-state index in [1.54, 1.807) is 4.90 Å². The maximum Gasteiger partial charge on any atom is 0.407 e. The van der Waals surface area contributed by atoms with E-state index in [9.17, 15) is 19.5 Å². The summed E-state index contributed by atoms with van der Waals surface area (Å²) < 4.78 is 5.75. The molecule has 2 amide bonds. The maximum absolute atomic E-state index is 13.1. The number of carboxylic acids is 1. The number of likely N-dealkylation sites (tertiary alicyclic amines) is 1. The van der Waals surface area contributed by atoms with E-state index < -0.39 is 23.0 Å². The first-order valence-corrected chi connectivity index (χ1v) is 12.6. The third-order valence-corrected chi connectivity index (χ3v) is 8.69. The van der Waals surface area contributed by atoms with Crippen molar-refractivity contribution in [3.63, 3.8) is 0 Å². The topological polar surface area (TPSA) is 95.9 Å². The summed E-state index contributed by atoms with van der Waals surface area (Å²) in [5, 5.41) is 12.6. The molecule has 35 heavy (non-hydrogen) atoms. The molecule has 0 bridgehead atoms. The van der Waals surface area contributed by atoms with Crippen molar-refractivity contribution in [3.8, 4) is 11.1 Å². The second kappa shape index (κ2) is 8.11. The highest BCUT2D eigenvalue weighted by Crippen LogP contribution is 2.58. The van der Waals surface area contributed by atoms with Crippen LogP contribution in [-0.4, -0.2) is 53.2 Å². The summed E-state index contributed by atoms with van der Waals surface area (Å²) in [4.78, 5) is 39.3. The molecule has 3 fully saturated rings. The van der Waals surface area contributed by atoms with Crippen molar-refractivity contribution in [2.24, 2.45) is 11.3 Å². The van der Waals surface area contributed by atoms with Crippen LogP contribution in [0.3, 0.4) is 0 Å². The van der Waals surface area contributed by atoms with Crippen LogP contribution in [0.15, 0.2) is 48.5 Å². The van der Waals surface area contributed by atoms with Crippen LogP contribution in [0.25, 0.3) is 11.1 Å². The van der Waals surface area contributed by atoms with Gasteiger partial charge in [0.05, 0.1) is 17.4 Å². The molecular formula is C28H30N2O5. The van der Waals surface area contributed by atoms with Crippen molar-refractivity contribution in [1.82, 2.24) is 10.2 Å². The molecule has 2 aromatic carbocycles. The molecule has 182 valence electrons. The van der Waals surface area contributed by atoms with Crippen molar-refractivity contribution in [1.29, 1.82) is 0 Å². The fraction of sp³-hybridized carbons (Fsp3) is 0.464. The molecule has 2 aromatic rings. The standard InChI is InChI=1S/C28H30N2O5/c31-24(30-15-18-13-28(18,17-30)25(32)33)14-27(11-5-6-12-27)29-26(34)35-16-23-21-9-3-1-7-19(21)20-8-2-4-10-22(20)23/h1-4,7-10,18,23H,5-6,11-17H2,(H,29,34)(H,32,33). The molecule has 1 aliphatic heterocycles. The number of hydrogen-bond donors (Lipinski definition) is 2. The number of alkyl carbamates (subject to hydrolysis) is 1. The smallest absolute Gasteiger partial charge is 0.407 e. The van der Waals surface area contributed by atoms with Crippen LogP contribution >= 0.6 is 0 Å². The second-order valence-corrected chi connectivity index (χ2v) is 10.8. The molecule has 4 aliphatic rings. The number of carboxylic acid groups (broad SMARTS) is 1. The summed E-state index contributed by atoms with van der Waals surface area (Å²) in [5.74, 6) is -0.819. The van der Waals surface area contributed by atoms with E-state index in [2.05, 4.69) is 29.6 Å². The number of aliphatic carboxylic acids is 1. The Morgan fingerprint density at radius 2 is 1.63 bits per heavy atom. The molecule has 7 nitrogen and oxygen atoms in total. The molecular weight excluding hydrogens is 444 g/mol. The first kappa shape index (κ1) is 22.1. The van der Waals surface area contributed by atoms with Crippen LogP contribution in [0.2, 0.25) is 0 Å². The van der Waals surface area contributed by atoms with Crippen molar-refractivity contribution >= 4 is 18.0 Å². The van der Waals surface area contributed by atoms with Crippen LogP contribution in [0.1, 0.15) is 55.6 Å². The lowest BCUT2D eigenvalue weighted by atomic mass is 9.92. The number of fused-ring (bicyclic) bond motifs is 4. The van der Waals surface area contributed by atoms with Gasteiger partial charge in [-0.2, -0.15) is 0 Å². The van der Waals surface area contributed by atoms with Gasteiger partial charge < -0.3 is 20.1 Å². The molecule has 2 unspecified atom stereocenters. The maximum atomic E-state index is 13.1. The van der Waals surface area contributed by atoms with E-state index in [4.69, 9.17) is 4.74 Å². The lowest BCUT2D eigenvalue weighted by Crippen LogP contribution is -2.50. The Kier molecular flexibility index (Phi) is 5.13. The van der Waals surface area contributed by atoms with Gasteiger partial charge in [-0.3, -0.25) is 9.59 Å². The van der Waals surface area contributed by atoms with Gasteiger partial charge in [0.1, 0.15) is 6.61 Å². The highest BCUT2D eigenvalue weighted by molar-refractivity contribution is 5.85. The van der Waals surface area contributed by atoms with Crippen molar-refractivity contribution < 1.29 is 24.2 Å². The van der Waals surface area contributed by atoms with Gasteiger partial charge in [-0.15, -0.1) is 0 Å². The average Bonchev–Trinajstić information content (AvgIpc) is 3.16. The summed E-state index contributed by atoms with van der Waals surface area (Å²) in [6.07, 6.45) is 3.70. The van der Waals surface area contributed by atoms with Crippen molar-refractivity contribution in [2.45, 2.75) is 50.0 Å². The molecule has 2 N–H and O–H groups in total. The van der Waals surface area contributed by atoms with E-state index >= 15 is 0 Å². The van der Waals surface area contributed by atoms with Gasteiger partial charge in [-0.05, 0) is 47.4 Å². The zero-order chi connectivity index (χ0) is 24.2. The first-order chi connectivity index (χ1) is 16.9. The van der Waals surface area contributed by atoms with Crippen LogP contribution in [0, 0.1) is 11.3 Å². The number of ether oxygens (including phenoxy) is 1. The summed E-state index contributed by atoms with van der Waals surface area (Å²) in [7, 11) is 0. The molecule has 1 saturated heterocycles. The Labute approximate surface area is 204 Å². The largest absolute Gasteiger partial charge is 0.481 e. The number of hydrogen-bond acceptors (Lipinski definition) is 4. The zero-order valence-corrected chi connectivity index (χ0v) is 19.7. The monoisotopic (exact) mass is 474 g/mol. The number of piperidine rings is 1. The molecule has 6 rings (SSSR count). The molecule has 2 saturated carbocycles. The summed E-state index contributed by atoms with van der Waals surface area (Å²) in [6, 6.07) is 16.4. The van der Waals surface area contributed by atoms with Gasteiger partial charge in [-0.1, -0.05) is 61.4 Å². The number of nitrogens with one attached hydrogen (secondary N) is 1. The number of carbonyl (C=O) groups excluding carboxylic acids is 2. The number of rotatable bonds is 6. The predicted octanol–water partition coefficient (Wildman–Crippen LogP) is 4.16. The number of amides is 2. The molecule has 0 aromatic heterocycles. The predicted molar refractivity (Wildman–Crippen MR) is 129 cm³/mol. The SMILES string of the molecule is O=C(NC1(CC(=O)N2CC3CC3(C(=O)O)C2)CCCC1)OCC1c2ccccc2-c2ccccc21. The average molecular weight is 475 g/mol. The lowest BCUT2D eigenvalue weighted by Gasteiger charge is -2.32. The fourth-order valence-corrected chi connectivity index (χ4v) is 6.65. The Bertz CT molecular complexity index is 1160. The van der Waals surface area contributed by atoms with Crippen molar-refractivity contribution in [3.05, 3.63) is 59.7 Å². The van der Waals surface area contributed by atoms with E-state index in [0.29, 0.717) is 13.0 Å². The quantitative estimate of drug-likeness (QED) is 0.655. The third kappa shape index (κ3) is 3.68. The Balaban J connectivity index is 1.11. The minimum absolute atomic E-state index is 0.0159. The van der Waals surface area contributed by atoms with Crippen LogP contribution in [-0.2, 0) is 14.3 Å². The minimum Gasteiger partial charge on any atom is -0.481 e. The fourth-order valence-electron chi connectivity index (χ4n) is 6.65. The second-order valence-electron chi connectivity index (χ2n) is 10.8. The lowest BCUT2D eigenvalue weighted by molar-refractivity contribution is -0.144. The van der Waals surface area contributed by atoms with E-state index in [-0.39, 0.29) is 37.3 Å². The number of benzene rings is 2. The van der Waals surface area contributed by atoms with Gasteiger partial charge in [0.15, 0.2) is 0 Å². The van der Waals surface area contributed by atoms with E-state index in [1.807, 2.05) is 24.3 Å². The molecule has 0 spiro atoms. The van der Waals surface area contributed by atoms with E-state index in [1.165, 1.54) is 11.1 Å². The molecule has 0 radical (unpaired) electrons. The van der Waals surface area contributed by atoms with Gasteiger partial charge in [0.25, 0.3) is 0 Å². The molecule has 7 heteroatoms. The third-order valence-electron chi connectivity index (χ3n) is 8.69. The van der Waals surface area contributed by atoms with Crippen LogP contribution in [0.4, 0.5) is 4.79 Å². The highest BCUT2D eigenvalue weighted by atomic mass is 16.5. The van der Waals surface area contributed by atoms with E-state index in [0.717, 1.165) is 36.8 Å². The van der Waals surface area contributed by atoms with Gasteiger partial charge in [0, 0.05) is 19.0 Å². The molecule has 3 aliphatic carbocycles.